The number of para-hydroxylation sites is 1. The van der Waals surface area contributed by atoms with Gasteiger partial charge in [0.25, 0.3) is 5.91 Å². The van der Waals surface area contributed by atoms with E-state index in [0.717, 1.165) is 36.6 Å². The maximum Gasteiger partial charge on any atom is 0.270 e. The molecule has 1 amide bonds. The Bertz CT molecular complexity index is 628. The molecular weight excluding hydrogens is 321 g/mol. The Kier molecular flexibility index (Phi) is 7.07. The molecule has 0 aliphatic heterocycles. The first kappa shape index (κ1) is 18.7. The Labute approximate surface area is 142 Å². The first-order chi connectivity index (χ1) is 9.72. The Morgan fingerprint density at radius 3 is 2.45 bits per heavy atom. The van der Waals surface area contributed by atoms with E-state index >= 15 is 0 Å². The van der Waals surface area contributed by atoms with Gasteiger partial charge in [-0.1, -0.05) is 24.3 Å². The van der Waals surface area contributed by atoms with Crippen molar-refractivity contribution in [2.75, 3.05) is 0 Å². The lowest BCUT2D eigenvalue weighted by Crippen LogP contribution is -2.40. The molecular formula is C16H21Cl2N3O. The van der Waals surface area contributed by atoms with Crippen LogP contribution in [0.25, 0.3) is 10.9 Å². The second kappa shape index (κ2) is 8.32. The van der Waals surface area contributed by atoms with Crippen molar-refractivity contribution < 1.29 is 4.79 Å². The van der Waals surface area contributed by atoms with Gasteiger partial charge in [0, 0.05) is 17.5 Å². The van der Waals surface area contributed by atoms with E-state index in [-0.39, 0.29) is 36.8 Å². The summed E-state index contributed by atoms with van der Waals surface area (Å²) in [4.78, 5) is 16.7. The highest BCUT2D eigenvalue weighted by atomic mass is 35.5. The monoisotopic (exact) mass is 341 g/mol. The van der Waals surface area contributed by atoms with E-state index in [1.165, 1.54) is 0 Å². The van der Waals surface area contributed by atoms with Crippen molar-refractivity contribution in [3.63, 3.8) is 0 Å². The largest absolute Gasteiger partial charge is 0.348 e. The van der Waals surface area contributed by atoms with Crippen molar-refractivity contribution in [3.05, 3.63) is 42.1 Å². The van der Waals surface area contributed by atoms with E-state index < -0.39 is 0 Å². The molecule has 3 rings (SSSR count). The number of aromatic nitrogens is 1. The Balaban J connectivity index is 0.00000121. The molecule has 4 nitrogen and oxygen atoms in total. The van der Waals surface area contributed by atoms with Crippen molar-refractivity contribution in [1.82, 2.24) is 10.3 Å². The molecule has 1 aliphatic carbocycles. The molecule has 22 heavy (non-hydrogen) atoms. The molecule has 1 aromatic carbocycles. The molecule has 1 saturated carbocycles. The lowest BCUT2D eigenvalue weighted by molar-refractivity contribution is 0.0921. The van der Waals surface area contributed by atoms with Crippen molar-refractivity contribution in [2.24, 2.45) is 5.73 Å². The van der Waals surface area contributed by atoms with Gasteiger partial charge in [0.15, 0.2) is 0 Å². The highest BCUT2D eigenvalue weighted by Crippen LogP contribution is 2.18. The first-order valence-electron chi connectivity index (χ1n) is 7.14. The van der Waals surface area contributed by atoms with Crippen LogP contribution in [0, 0.1) is 0 Å². The highest BCUT2D eigenvalue weighted by molar-refractivity contribution is 5.95. The molecule has 0 bridgehead atoms. The van der Waals surface area contributed by atoms with Gasteiger partial charge >= 0.3 is 0 Å². The average molecular weight is 342 g/mol. The molecule has 1 aliphatic rings. The molecule has 0 radical (unpaired) electrons. The van der Waals surface area contributed by atoms with Gasteiger partial charge in [-0.15, -0.1) is 24.8 Å². The number of benzene rings is 1. The van der Waals surface area contributed by atoms with E-state index in [9.17, 15) is 4.79 Å². The maximum absolute atomic E-state index is 12.2. The highest BCUT2D eigenvalue weighted by Gasteiger charge is 2.21. The first-order valence-corrected chi connectivity index (χ1v) is 7.14. The molecule has 1 aromatic heterocycles. The van der Waals surface area contributed by atoms with Crippen molar-refractivity contribution in [1.29, 1.82) is 0 Å². The minimum Gasteiger partial charge on any atom is -0.348 e. The van der Waals surface area contributed by atoms with Gasteiger partial charge in [-0.25, -0.2) is 4.98 Å². The SMILES string of the molecule is Cl.Cl.NC1CCC(NC(=O)c2ccc3ccccc3n2)CC1. The van der Waals surface area contributed by atoms with Crippen LogP contribution in [0.2, 0.25) is 0 Å². The summed E-state index contributed by atoms with van der Waals surface area (Å²) in [6.45, 7) is 0. The summed E-state index contributed by atoms with van der Waals surface area (Å²) in [5.74, 6) is -0.0868. The summed E-state index contributed by atoms with van der Waals surface area (Å²) in [7, 11) is 0. The van der Waals surface area contributed by atoms with E-state index in [2.05, 4.69) is 10.3 Å². The summed E-state index contributed by atoms with van der Waals surface area (Å²) in [5.41, 5.74) is 7.21. The molecule has 120 valence electrons. The zero-order valence-electron chi connectivity index (χ0n) is 12.2. The number of rotatable bonds is 2. The van der Waals surface area contributed by atoms with Gasteiger partial charge in [-0.3, -0.25) is 4.79 Å². The average Bonchev–Trinajstić information content (AvgIpc) is 2.49. The van der Waals surface area contributed by atoms with Gasteiger partial charge in [0.05, 0.1) is 5.52 Å². The van der Waals surface area contributed by atoms with E-state index in [1.807, 2.05) is 30.3 Å². The molecule has 6 heteroatoms. The number of fused-ring (bicyclic) bond motifs is 1. The topological polar surface area (TPSA) is 68.0 Å². The van der Waals surface area contributed by atoms with Crippen LogP contribution in [-0.2, 0) is 0 Å². The number of nitrogens with two attached hydrogens (primary N) is 1. The fourth-order valence-electron chi connectivity index (χ4n) is 2.72. The number of halogens is 2. The Hall–Kier alpha value is -1.36. The molecule has 0 unspecified atom stereocenters. The fraction of sp³-hybridized carbons (Fsp3) is 0.375. The number of nitrogens with zero attached hydrogens (tertiary/aromatic N) is 1. The van der Waals surface area contributed by atoms with Crippen molar-refractivity contribution >= 4 is 41.6 Å². The zero-order chi connectivity index (χ0) is 13.9. The van der Waals surface area contributed by atoms with Crippen LogP contribution in [-0.4, -0.2) is 23.0 Å². The van der Waals surface area contributed by atoms with Crippen LogP contribution in [0.1, 0.15) is 36.2 Å². The zero-order valence-corrected chi connectivity index (χ0v) is 13.8. The van der Waals surface area contributed by atoms with Crippen LogP contribution in [0.3, 0.4) is 0 Å². The molecule has 0 atom stereocenters. The lowest BCUT2D eigenvalue weighted by Gasteiger charge is -2.26. The van der Waals surface area contributed by atoms with E-state index in [1.54, 1.807) is 6.07 Å². The smallest absolute Gasteiger partial charge is 0.270 e. The summed E-state index contributed by atoms with van der Waals surface area (Å²) in [6.07, 6.45) is 3.88. The predicted molar refractivity (Wildman–Crippen MR) is 93.9 cm³/mol. The molecule has 3 N–H and O–H groups in total. The van der Waals surface area contributed by atoms with Gasteiger partial charge in [-0.2, -0.15) is 0 Å². The number of nitrogens with one attached hydrogen (secondary N) is 1. The second-order valence-electron chi connectivity index (χ2n) is 5.47. The molecule has 2 aromatic rings. The standard InChI is InChI=1S/C16H19N3O.2ClH/c17-12-6-8-13(9-7-12)18-16(20)15-10-5-11-3-1-2-4-14(11)19-15;;/h1-5,10,12-13H,6-9,17H2,(H,18,20);2*1H. The quantitative estimate of drug-likeness (QED) is 0.881. The predicted octanol–water partition coefficient (Wildman–Crippen LogP) is 3.08. The van der Waals surface area contributed by atoms with Crippen molar-refractivity contribution in [3.8, 4) is 0 Å². The van der Waals surface area contributed by atoms with Crippen LogP contribution in [0.4, 0.5) is 0 Å². The number of hydrogen-bond donors (Lipinski definition) is 2. The van der Waals surface area contributed by atoms with Crippen LogP contribution in [0.15, 0.2) is 36.4 Å². The molecule has 1 fully saturated rings. The third-order valence-electron chi connectivity index (χ3n) is 3.94. The minimum atomic E-state index is -0.0868. The van der Waals surface area contributed by atoms with Gasteiger partial charge in [-0.05, 0) is 37.8 Å². The van der Waals surface area contributed by atoms with Gasteiger partial charge in [0.2, 0.25) is 0 Å². The number of hydrogen-bond acceptors (Lipinski definition) is 3. The second-order valence-corrected chi connectivity index (χ2v) is 5.47. The third-order valence-corrected chi connectivity index (χ3v) is 3.94. The number of amides is 1. The summed E-state index contributed by atoms with van der Waals surface area (Å²) in [5, 5.41) is 4.11. The van der Waals surface area contributed by atoms with Crippen LogP contribution in [0.5, 0.6) is 0 Å². The molecule has 0 saturated heterocycles. The maximum atomic E-state index is 12.2. The van der Waals surface area contributed by atoms with Gasteiger partial charge < -0.3 is 11.1 Å². The van der Waals surface area contributed by atoms with Crippen molar-refractivity contribution in [2.45, 2.75) is 37.8 Å². The number of carbonyl (C=O) groups is 1. The Morgan fingerprint density at radius 1 is 1.05 bits per heavy atom. The van der Waals surface area contributed by atoms with Crippen LogP contribution >= 0.6 is 24.8 Å². The fourth-order valence-corrected chi connectivity index (χ4v) is 2.72. The van der Waals surface area contributed by atoms with Gasteiger partial charge in [0.1, 0.15) is 5.69 Å². The number of pyridine rings is 1. The Morgan fingerprint density at radius 2 is 1.73 bits per heavy atom. The lowest BCUT2D eigenvalue weighted by atomic mass is 9.92. The summed E-state index contributed by atoms with van der Waals surface area (Å²) < 4.78 is 0. The van der Waals surface area contributed by atoms with E-state index in [0.29, 0.717) is 11.7 Å². The third kappa shape index (κ3) is 4.32. The van der Waals surface area contributed by atoms with E-state index in [4.69, 9.17) is 5.73 Å². The minimum absolute atomic E-state index is 0. The molecule has 0 spiro atoms. The summed E-state index contributed by atoms with van der Waals surface area (Å²) >= 11 is 0. The normalized spacial score (nSPS) is 20.6. The number of carbonyl (C=O) groups excluding carboxylic acids is 1. The summed E-state index contributed by atoms with van der Waals surface area (Å²) in [6, 6.07) is 12.1. The van der Waals surface area contributed by atoms with Crippen LogP contribution < -0.4 is 11.1 Å². The molecule has 1 heterocycles.